The third-order valence-electron chi connectivity index (χ3n) is 3.79. The van der Waals surface area contributed by atoms with Gasteiger partial charge in [-0.05, 0) is 47.9 Å². The lowest BCUT2D eigenvalue weighted by atomic mass is 10.2. The number of rotatable bonds is 2. The summed E-state index contributed by atoms with van der Waals surface area (Å²) >= 11 is 12.6. The van der Waals surface area contributed by atoms with E-state index in [1.807, 2.05) is 30.3 Å². The van der Waals surface area contributed by atoms with Crippen LogP contribution in [0.4, 0.5) is 5.69 Å². The highest BCUT2D eigenvalue weighted by Crippen LogP contribution is 2.47. The smallest absolute Gasteiger partial charge is 0.257 e. The average Bonchev–Trinajstić information content (AvgIpc) is 3.21. The van der Waals surface area contributed by atoms with E-state index in [0.29, 0.717) is 5.11 Å². The van der Waals surface area contributed by atoms with Gasteiger partial charge >= 0.3 is 0 Å². The summed E-state index contributed by atoms with van der Waals surface area (Å²) in [4.78, 5) is 17.8. The molecule has 2 saturated heterocycles. The van der Waals surface area contributed by atoms with E-state index >= 15 is 0 Å². The molecule has 112 valence electrons. The van der Waals surface area contributed by atoms with Crippen LogP contribution in [0.3, 0.4) is 0 Å². The third kappa shape index (κ3) is 2.22. The predicted molar refractivity (Wildman–Crippen MR) is 99.4 cm³/mol. The fourth-order valence-corrected chi connectivity index (χ4v) is 5.92. The first-order valence-corrected chi connectivity index (χ1v) is 9.86. The maximum Gasteiger partial charge on any atom is 0.257 e. The Kier molecular flexibility index (Phi) is 3.76. The van der Waals surface area contributed by atoms with Crippen molar-refractivity contribution < 1.29 is 4.79 Å². The largest absolute Gasteiger partial charge is 0.319 e. The first kappa shape index (κ1) is 14.7. The number of benzene rings is 1. The van der Waals surface area contributed by atoms with Gasteiger partial charge < -0.3 is 4.90 Å². The Morgan fingerprint density at radius 2 is 2.00 bits per heavy atom. The molecule has 0 bridgehead atoms. The van der Waals surface area contributed by atoms with E-state index in [0.717, 1.165) is 15.9 Å². The molecule has 1 aromatic heterocycles. The molecule has 2 aliphatic heterocycles. The van der Waals surface area contributed by atoms with Crippen molar-refractivity contribution in [3.8, 4) is 0 Å². The normalized spacial score (nSPS) is 24.2. The van der Waals surface area contributed by atoms with Crippen molar-refractivity contribution in [2.24, 2.45) is 0 Å². The Morgan fingerprint density at radius 1 is 1.23 bits per heavy atom. The van der Waals surface area contributed by atoms with Crippen LogP contribution in [0.15, 0.2) is 46.3 Å². The molecule has 4 rings (SSSR count). The van der Waals surface area contributed by atoms with Gasteiger partial charge in [-0.1, -0.05) is 22.0 Å². The zero-order valence-electron chi connectivity index (χ0n) is 11.3. The summed E-state index contributed by atoms with van der Waals surface area (Å²) in [6.07, 6.45) is 0. The van der Waals surface area contributed by atoms with Crippen LogP contribution < -0.4 is 4.90 Å². The van der Waals surface area contributed by atoms with E-state index in [1.165, 1.54) is 4.88 Å². The lowest BCUT2D eigenvalue weighted by Gasteiger charge is -2.24. The fraction of sp³-hybridized carbons (Fsp3) is 0.200. The standard InChI is InChI=1S/C15H11BrN2OS3/c16-9-3-5-10(6-4-9)17-13(19)11-8-22-14(18(11)15(17)20)12-2-1-7-21-12/h1-7,11,14H,8H2/t11-,14+/m0/s1. The van der Waals surface area contributed by atoms with E-state index in [9.17, 15) is 4.79 Å². The van der Waals surface area contributed by atoms with Gasteiger partial charge in [0.15, 0.2) is 5.11 Å². The highest BCUT2D eigenvalue weighted by molar-refractivity contribution is 9.10. The van der Waals surface area contributed by atoms with Crippen molar-refractivity contribution in [3.63, 3.8) is 0 Å². The highest BCUT2D eigenvalue weighted by Gasteiger charge is 2.51. The zero-order chi connectivity index (χ0) is 15.3. The van der Waals surface area contributed by atoms with E-state index < -0.39 is 0 Å². The number of hydrogen-bond acceptors (Lipinski definition) is 4. The quantitative estimate of drug-likeness (QED) is 0.690. The van der Waals surface area contributed by atoms with Gasteiger partial charge in [0.25, 0.3) is 5.91 Å². The van der Waals surface area contributed by atoms with E-state index in [4.69, 9.17) is 12.2 Å². The number of amides is 1. The Bertz CT molecular complexity index is 732. The van der Waals surface area contributed by atoms with Gasteiger partial charge in [-0.3, -0.25) is 9.69 Å². The minimum atomic E-state index is -0.145. The summed E-state index contributed by atoms with van der Waals surface area (Å²) in [5, 5.41) is 2.83. The van der Waals surface area contributed by atoms with Crippen LogP contribution >= 0.6 is 51.2 Å². The van der Waals surface area contributed by atoms with Gasteiger partial charge in [0, 0.05) is 15.1 Å². The van der Waals surface area contributed by atoms with Crippen LogP contribution in [0.1, 0.15) is 10.3 Å². The molecule has 2 fully saturated rings. The molecule has 0 N–H and O–H groups in total. The Balaban J connectivity index is 1.69. The molecular formula is C15H11BrN2OS3. The van der Waals surface area contributed by atoms with Crippen molar-refractivity contribution in [2.75, 3.05) is 10.7 Å². The number of hydrogen-bond donors (Lipinski definition) is 0. The summed E-state index contributed by atoms with van der Waals surface area (Å²) in [7, 11) is 0. The minimum absolute atomic E-state index is 0.0823. The van der Waals surface area contributed by atoms with Gasteiger partial charge in [0.2, 0.25) is 0 Å². The van der Waals surface area contributed by atoms with Crippen LogP contribution in [0.2, 0.25) is 0 Å². The summed E-state index contributed by atoms with van der Waals surface area (Å²) < 4.78 is 0.987. The molecule has 0 saturated carbocycles. The number of thiophene rings is 1. The second-order valence-corrected chi connectivity index (χ2v) is 8.43. The van der Waals surface area contributed by atoms with Gasteiger partial charge in [-0.25, -0.2) is 0 Å². The molecule has 7 heteroatoms. The summed E-state index contributed by atoms with van der Waals surface area (Å²) in [6, 6.07) is 11.7. The Labute approximate surface area is 150 Å². The molecule has 2 aromatic rings. The van der Waals surface area contributed by atoms with Crippen molar-refractivity contribution in [1.82, 2.24) is 4.90 Å². The molecule has 0 aliphatic carbocycles. The summed E-state index contributed by atoms with van der Waals surface area (Å²) in [6.45, 7) is 0. The highest BCUT2D eigenvalue weighted by atomic mass is 79.9. The molecule has 22 heavy (non-hydrogen) atoms. The lowest BCUT2D eigenvalue weighted by molar-refractivity contribution is -0.119. The van der Waals surface area contributed by atoms with E-state index in [1.54, 1.807) is 28.0 Å². The number of thioether (sulfide) groups is 1. The average molecular weight is 411 g/mol. The molecule has 0 radical (unpaired) electrons. The van der Waals surface area contributed by atoms with Crippen LogP contribution in [-0.4, -0.2) is 27.7 Å². The Hall–Kier alpha value is -0.890. The number of nitrogens with zero attached hydrogens (tertiary/aromatic N) is 2. The summed E-state index contributed by atoms with van der Waals surface area (Å²) in [5.74, 6) is 0.869. The van der Waals surface area contributed by atoms with E-state index in [-0.39, 0.29) is 17.3 Å². The molecule has 2 aliphatic rings. The number of carbonyl (C=O) groups is 1. The predicted octanol–water partition coefficient (Wildman–Crippen LogP) is 4.26. The SMILES string of the molecule is O=C1[C@@H]2CS[C@H](c3cccs3)N2C(=S)N1c1ccc(Br)cc1. The number of carbonyl (C=O) groups excluding carboxylic acids is 1. The molecule has 1 amide bonds. The fourth-order valence-electron chi connectivity index (χ4n) is 2.77. The Morgan fingerprint density at radius 3 is 2.68 bits per heavy atom. The number of fused-ring (bicyclic) bond motifs is 1. The van der Waals surface area contributed by atoms with Crippen LogP contribution in [0.25, 0.3) is 0 Å². The summed E-state index contributed by atoms with van der Waals surface area (Å²) in [5.41, 5.74) is 0.836. The molecule has 0 spiro atoms. The monoisotopic (exact) mass is 410 g/mol. The van der Waals surface area contributed by atoms with Gasteiger partial charge in [-0.2, -0.15) is 0 Å². The number of halogens is 1. The van der Waals surface area contributed by atoms with Crippen molar-refractivity contribution in [2.45, 2.75) is 11.4 Å². The second-order valence-electron chi connectivity index (χ2n) is 5.06. The third-order valence-corrected chi connectivity index (χ3v) is 7.09. The van der Waals surface area contributed by atoms with Gasteiger partial charge in [0.05, 0.1) is 5.69 Å². The van der Waals surface area contributed by atoms with Crippen molar-refractivity contribution in [1.29, 1.82) is 0 Å². The molecule has 0 unspecified atom stereocenters. The maximum absolute atomic E-state index is 12.8. The van der Waals surface area contributed by atoms with Gasteiger partial charge in [0.1, 0.15) is 11.4 Å². The molecule has 3 nitrogen and oxygen atoms in total. The van der Waals surface area contributed by atoms with E-state index in [2.05, 4.69) is 32.3 Å². The van der Waals surface area contributed by atoms with Crippen LogP contribution in [0, 0.1) is 0 Å². The zero-order valence-corrected chi connectivity index (χ0v) is 15.3. The van der Waals surface area contributed by atoms with Crippen molar-refractivity contribution in [3.05, 3.63) is 51.1 Å². The van der Waals surface area contributed by atoms with Crippen molar-refractivity contribution >= 4 is 68.0 Å². The molecule has 3 heterocycles. The minimum Gasteiger partial charge on any atom is -0.319 e. The molecule has 1 aromatic carbocycles. The second kappa shape index (κ2) is 5.63. The topological polar surface area (TPSA) is 23.6 Å². The van der Waals surface area contributed by atoms with Crippen LogP contribution in [0.5, 0.6) is 0 Å². The molecule has 2 atom stereocenters. The number of anilines is 1. The maximum atomic E-state index is 12.8. The van der Waals surface area contributed by atoms with Crippen LogP contribution in [-0.2, 0) is 4.79 Å². The van der Waals surface area contributed by atoms with Gasteiger partial charge in [-0.15, -0.1) is 23.1 Å². The first-order chi connectivity index (χ1) is 10.7. The number of thiocarbonyl (C=S) groups is 1. The first-order valence-electron chi connectivity index (χ1n) is 6.73. The molecular weight excluding hydrogens is 400 g/mol. The lowest BCUT2D eigenvalue weighted by Crippen LogP contribution is -2.33.